The highest BCUT2D eigenvalue weighted by Crippen LogP contribution is 2.16. The Bertz CT molecular complexity index is 626. The quantitative estimate of drug-likeness (QED) is 0.648. The van der Waals surface area contributed by atoms with Gasteiger partial charge in [0.25, 0.3) is 0 Å². The molecule has 0 radical (unpaired) electrons. The maximum absolute atomic E-state index is 13.4. The monoisotopic (exact) mass is 272 g/mol. The van der Waals surface area contributed by atoms with Crippen LogP contribution in [0.15, 0.2) is 42.5 Å². The Morgan fingerprint density at radius 2 is 2.00 bits per heavy atom. The maximum atomic E-state index is 13.4. The number of aryl methyl sites for hydroxylation is 1. The van der Waals surface area contributed by atoms with E-state index in [-0.39, 0.29) is 12.4 Å². The number of amidine groups is 1. The van der Waals surface area contributed by atoms with Gasteiger partial charge in [0.15, 0.2) is 0 Å². The molecular formula is C16H17FN2O. The Kier molecular flexibility index (Phi) is 4.35. The minimum atomic E-state index is -0.418. The van der Waals surface area contributed by atoms with Gasteiger partial charge in [0.05, 0.1) is 0 Å². The molecule has 2 aromatic carbocycles. The second-order valence-electron chi connectivity index (χ2n) is 4.55. The molecule has 0 spiro atoms. The zero-order valence-corrected chi connectivity index (χ0v) is 11.3. The van der Waals surface area contributed by atoms with E-state index in [4.69, 9.17) is 15.9 Å². The third-order valence-corrected chi connectivity index (χ3v) is 2.98. The number of nitrogens with one attached hydrogen (secondary N) is 1. The third kappa shape index (κ3) is 3.57. The molecule has 0 atom stereocenters. The van der Waals surface area contributed by atoms with Gasteiger partial charge in [-0.3, -0.25) is 5.41 Å². The largest absolute Gasteiger partial charge is 0.489 e. The van der Waals surface area contributed by atoms with Crippen LogP contribution < -0.4 is 10.5 Å². The van der Waals surface area contributed by atoms with E-state index in [9.17, 15) is 4.39 Å². The zero-order chi connectivity index (χ0) is 14.5. The molecule has 0 aliphatic rings. The van der Waals surface area contributed by atoms with Crippen LogP contribution >= 0.6 is 0 Å². The van der Waals surface area contributed by atoms with Crippen molar-refractivity contribution in [3.63, 3.8) is 0 Å². The summed E-state index contributed by atoms with van der Waals surface area (Å²) in [4.78, 5) is 0. The molecule has 0 heterocycles. The number of ether oxygens (including phenoxy) is 1. The minimum absolute atomic E-state index is 0.154. The van der Waals surface area contributed by atoms with E-state index in [1.807, 2.05) is 24.3 Å². The summed E-state index contributed by atoms with van der Waals surface area (Å²) < 4.78 is 19.1. The fourth-order valence-corrected chi connectivity index (χ4v) is 1.91. The first-order valence-electron chi connectivity index (χ1n) is 6.44. The first-order valence-corrected chi connectivity index (χ1v) is 6.44. The first kappa shape index (κ1) is 14.1. The Morgan fingerprint density at radius 3 is 2.70 bits per heavy atom. The molecule has 2 rings (SSSR count). The molecule has 104 valence electrons. The molecule has 0 aromatic heterocycles. The standard InChI is InChI=1S/C16H17FN2O/c1-2-11-4-3-5-15(8-11)20-10-12-6-13(16(18)19)9-14(17)7-12/h3-9H,2,10H2,1H3,(H3,18,19). The lowest BCUT2D eigenvalue weighted by molar-refractivity contribution is 0.305. The van der Waals surface area contributed by atoms with E-state index >= 15 is 0 Å². The van der Waals surface area contributed by atoms with Crippen molar-refractivity contribution < 1.29 is 9.13 Å². The number of hydrogen-bond donors (Lipinski definition) is 2. The van der Waals surface area contributed by atoms with Crippen LogP contribution in [-0.2, 0) is 13.0 Å². The second kappa shape index (κ2) is 6.19. The van der Waals surface area contributed by atoms with Crippen molar-refractivity contribution in [1.29, 1.82) is 5.41 Å². The van der Waals surface area contributed by atoms with Gasteiger partial charge in [-0.25, -0.2) is 4.39 Å². The smallest absolute Gasteiger partial charge is 0.124 e. The van der Waals surface area contributed by atoms with E-state index in [1.165, 1.54) is 17.7 Å². The van der Waals surface area contributed by atoms with Crippen LogP contribution in [0.5, 0.6) is 5.75 Å². The summed E-state index contributed by atoms with van der Waals surface area (Å²) in [6.45, 7) is 2.32. The lowest BCUT2D eigenvalue weighted by atomic mass is 10.1. The summed E-state index contributed by atoms with van der Waals surface area (Å²) in [5.74, 6) is 0.176. The van der Waals surface area contributed by atoms with Crippen LogP contribution in [0, 0.1) is 11.2 Å². The molecule has 0 aliphatic heterocycles. The van der Waals surface area contributed by atoms with E-state index < -0.39 is 5.82 Å². The van der Waals surface area contributed by atoms with Gasteiger partial charge in [0.2, 0.25) is 0 Å². The van der Waals surface area contributed by atoms with Crippen molar-refractivity contribution in [3.8, 4) is 5.75 Å². The summed E-state index contributed by atoms with van der Waals surface area (Å²) in [5.41, 5.74) is 7.58. The third-order valence-electron chi connectivity index (χ3n) is 2.98. The van der Waals surface area contributed by atoms with Gasteiger partial charge in [0.1, 0.15) is 24.0 Å². The number of nitrogens with two attached hydrogens (primary N) is 1. The molecule has 3 nitrogen and oxygen atoms in total. The summed E-state index contributed by atoms with van der Waals surface area (Å²) >= 11 is 0. The fraction of sp³-hybridized carbons (Fsp3) is 0.188. The average molecular weight is 272 g/mol. The van der Waals surface area contributed by atoms with E-state index in [0.29, 0.717) is 11.1 Å². The van der Waals surface area contributed by atoms with Crippen molar-refractivity contribution in [1.82, 2.24) is 0 Å². The Morgan fingerprint density at radius 1 is 1.20 bits per heavy atom. The first-order chi connectivity index (χ1) is 9.58. The summed E-state index contributed by atoms with van der Waals surface area (Å²) in [6, 6.07) is 12.1. The number of rotatable bonds is 5. The van der Waals surface area contributed by atoms with Crippen LogP contribution in [0.1, 0.15) is 23.6 Å². The fourth-order valence-electron chi connectivity index (χ4n) is 1.91. The van der Waals surface area contributed by atoms with Gasteiger partial charge < -0.3 is 10.5 Å². The SMILES string of the molecule is CCc1cccc(OCc2cc(F)cc(C(=N)N)c2)c1. The normalized spacial score (nSPS) is 10.3. The molecule has 2 aromatic rings. The van der Waals surface area contributed by atoms with Crippen LogP contribution in [-0.4, -0.2) is 5.84 Å². The lowest BCUT2D eigenvalue weighted by Crippen LogP contribution is -2.12. The van der Waals surface area contributed by atoms with Crippen molar-refractivity contribution in [2.24, 2.45) is 5.73 Å². The Labute approximate surface area is 117 Å². The van der Waals surface area contributed by atoms with Crippen molar-refractivity contribution >= 4 is 5.84 Å². The van der Waals surface area contributed by atoms with Gasteiger partial charge in [-0.1, -0.05) is 19.1 Å². The number of benzene rings is 2. The van der Waals surface area contributed by atoms with Crippen LogP contribution in [0.2, 0.25) is 0 Å². The second-order valence-corrected chi connectivity index (χ2v) is 4.55. The molecular weight excluding hydrogens is 255 g/mol. The van der Waals surface area contributed by atoms with Crippen molar-refractivity contribution in [3.05, 3.63) is 65.0 Å². The van der Waals surface area contributed by atoms with Crippen LogP contribution in [0.4, 0.5) is 4.39 Å². The molecule has 3 N–H and O–H groups in total. The minimum Gasteiger partial charge on any atom is -0.489 e. The lowest BCUT2D eigenvalue weighted by Gasteiger charge is -2.09. The van der Waals surface area contributed by atoms with Crippen molar-refractivity contribution in [2.45, 2.75) is 20.0 Å². The topological polar surface area (TPSA) is 59.1 Å². The summed E-state index contributed by atoms with van der Waals surface area (Å²) in [5, 5.41) is 7.35. The molecule has 0 aliphatic carbocycles. The van der Waals surface area contributed by atoms with E-state index in [0.717, 1.165) is 12.2 Å². The molecule has 0 saturated heterocycles. The van der Waals surface area contributed by atoms with Crippen LogP contribution in [0.25, 0.3) is 0 Å². The Balaban J connectivity index is 2.12. The van der Waals surface area contributed by atoms with Crippen molar-refractivity contribution in [2.75, 3.05) is 0 Å². The molecule has 0 fully saturated rings. The van der Waals surface area contributed by atoms with Crippen LogP contribution in [0.3, 0.4) is 0 Å². The molecule has 0 saturated carbocycles. The highest BCUT2D eigenvalue weighted by Gasteiger charge is 2.04. The van der Waals surface area contributed by atoms with E-state index in [2.05, 4.69) is 6.92 Å². The average Bonchev–Trinajstić information content (AvgIpc) is 2.44. The van der Waals surface area contributed by atoms with Gasteiger partial charge >= 0.3 is 0 Å². The van der Waals surface area contributed by atoms with Gasteiger partial charge in [-0.05, 0) is 47.9 Å². The van der Waals surface area contributed by atoms with Gasteiger partial charge in [-0.2, -0.15) is 0 Å². The summed E-state index contributed by atoms with van der Waals surface area (Å²) in [6.07, 6.45) is 0.936. The van der Waals surface area contributed by atoms with Gasteiger partial charge in [0, 0.05) is 5.56 Å². The van der Waals surface area contributed by atoms with Gasteiger partial charge in [-0.15, -0.1) is 0 Å². The van der Waals surface area contributed by atoms with E-state index in [1.54, 1.807) is 6.07 Å². The molecule has 20 heavy (non-hydrogen) atoms. The maximum Gasteiger partial charge on any atom is 0.124 e. The number of hydrogen-bond acceptors (Lipinski definition) is 2. The molecule has 0 bridgehead atoms. The highest BCUT2D eigenvalue weighted by atomic mass is 19.1. The number of nitrogen functional groups attached to an aromatic ring is 1. The Hall–Kier alpha value is -2.36. The zero-order valence-electron chi connectivity index (χ0n) is 11.3. The predicted octanol–water partition coefficient (Wildman–Crippen LogP) is 3.25. The number of halogens is 1. The molecule has 0 amide bonds. The summed E-state index contributed by atoms with van der Waals surface area (Å²) in [7, 11) is 0. The highest BCUT2D eigenvalue weighted by molar-refractivity contribution is 5.95. The molecule has 4 heteroatoms. The molecule has 0 unspecified atom stereocenters. The predicted molar refractivity (Wildman–Crippen MR) is 77.6 cm³/mol.